The van der Waals surface area contributed by atoms with Gasteiger partial charge in [0.25, 0.3) is 0 Å². The van der Waals surface area contributed by atoms with Crippen LogP contribution in [0.15, 0.2) is 34.2 Å². The van der Waals surface area contributed by atoms with Crippen molar-refractivity contribution in [2.24, 2.45) is 0 Å². The van der Waals surface area contributed by atoms with Gasteiger partial charge >= 0.3 is 0 Å². The van der Waals surface area contributed by atoms with Crippen LogP contribution in [0.2, 0.25) is 0 Å². The van der Waals surface area contributed by atoms with Gasteiger partial charge in [0.05, 0.1) is 11.1 Å². The lowest BCUT2D eigenvalue weighted by molar-refractivity contribution is -0.116. The SMILES string of the molecule is Cc1ccc(OCCCC(=O)Nc2nccs2)c(Br)c1. The summed E-state index contributed by atoms with van der Waals surface area (Å²) in [4.78, 5) is 15.6. The molecule has 4 nitrogen and oxygen atoms in total. The number of hydrogen-bond acceptors (Lipinski definition) is 4. The molecule has 106 valence electrons. The Morgan fingerprint density at radius 2 is 2.35 bits per heavy atom. The van der Waals surface area contributed by atoms with Crippen molar-refractivity contribution in [3.05, 3.63) is 39.8 Å². The summed E-state index contributed by atoms with van der Waals surface area (Å²) in [7, 11) is 0. The highest BCUT2D eigenvalue weighted by molar-refractivity contribution is 9.10. The fraction of sp³-hybridized carbons (Fsp3) is 0.286. The van der Waals surface area contributed by atoms with Gasteiger partial charge in [0.1, 0.15) is 5.75 Å². The number of nitrogens with zero attached hydrogens (tertiary/aromatic N) is 1. The van der Waals surface area contributed by atoms with Gasteiger partial charge in [-0.1, -0.05) is 6.07 Å². The van der Waals surface area contributed by atoms with E-state index in [0.717, 1.165) is 10.2 Å². The quantitative estimate of drug-likeness (QED) is 0.797. The zero-order valence-corrected chi connectivity index (χ0v) is 13.5. The van der Waals surface area contributed by atoms with E-state index in [9.17, 15) is 4.79 Å². The molecule has 1 heterocycles. The van der Waals surface area contributed by atoms with Crippen LogP contribution in [-0.2, 0) is 4.79 Å². The number of nitrogens with one attached hydrogen (secondary N) is 1. The Labute approximate surface area is 130 Å². The highest BCUT2D eigenvalue weighted by atomic mass is 79.9. The maximum Gasteiger partial charge on any atom is 0.226 e. The summed E-state index contributed by atoms with van der Waals surface area (Å²) in [5.41, 5.74) is 1.17. The minimum Gasteiger partial charge on any atom is -0.492 e. The van der Waals surface area contributed by atoms with Crippen LogP contribution < -0.4 is 10.1 Å². The molecule has 0 spiro atoms. The third-order valence-electron chi connectivity index (χ3n) is 2.57. The highest BCUT2D eigenvalue weighted by Gasteiger charge is 2.05. The van der Waals surface area contributed by atoms with E-state index >= 15 is 0 Å². The molecule has 1 aromatic carbocycles. The number of rotatable bonds is 6. The predicted octanol–water partition coefficient (Wildman–Crippen LogP) is 4.01. The number of carbonyl (C=O) groups is 1. The molecule has 0 unspecified atom stereocenters. The van der Waals surface area contributed by atoms with E-state index in [1.165, 1.54) is 16.9 Å². The number of hydrogen-bond donors (Lipinski definition) is 1. The molecule has 6 heteroatoms. The van der Waals surface area contributed by atoms with Crippen LogP contribution in [0.4, 0.5) is 5.13 Å². The van der Waals surface area contributed by atoms with Gasteiger partial charge in [-0.3, -0.25) is 4.79 Å². The van der Waals surface area contributed by atoms with Crippen LogP contribution in [0, 0.1) is 6.92 Å². The average Bonchev–Trinajstić information content (AvgIpc) is 2.89. The zero-order valence-electron chi connectivity index (χ0n) is 11.1. The Bertz CT molecular complexity index is 573. The third-order valence-corrected chi connectivity index (χ3v) is 3.88. The molecular formula is C14H15BrN2O2S. The maximum absolute atomic E-state index is 11.6. The van der Waals surface area contributed by atoms with Gasteiger partial charge in [-0.15, -0.1) is 11.3 Å². The molecule has 2 aromatic rings. The molecule has 0 radical (unpaired) electrons. The van der Waals surface area contributed by atoms with Gasteiger partial charge < -0.3 is 10.1 Å². The van der Waals surface area contributed by atoms with E-state index in [4.69, 9.17) is 4.74 Å². The molecule has 20 heavy (non-hydrogen) atoms. The minimum atomic E-state index is -0.0356. The lowest BCUT2D eigenvalue weighted by Gasteiger charge is -2.08. The molecule has 2 rings (SSSR count). The first-order chi connectivity index (χ1) is 9.65. The molecular weight excluding hydrogens is 340 g/mol. The molecule has 1 N–H and O–H groups in total. The molecule has 0 aliphatic carbocycles. The Kier molecular flexibility index (Phi) is 5.55. The summed E-state index contributed by atoms with van der Waals surface area (Å²) in [6.45, 7) is 2.53. The molecule has 0 aliphatic heterocycles. The Morgan fingerprint density at radius 1 is 1.50 bits per heavy atom. The van der Waals surface area contributed by atoms with Crippen molar-refractivity contribution in [2.45, 2.75) is 19.8 Å². The van der Waals surface area contributed by atoms with Gasteiger partial charge in [0.2, 0.25) is 5.91 Å². The second kappa shape index (κ2) is 7.40. The number of anilines is 1. The van der Waals surface area contributed by atoms with Gasteiger partial charge in [0.15, 0.2) is 5.13 Å². The summed E-state index contributed by atoms with van der Waals surface area (Å²) in [6.07, 6.45) is 2.75. The van der Waals surface area contributed by atoms with Crippen molar-refractivity contribution in [3.8, 4) is 5.75 Å². The molecule has 0 saturated carbocycles. The van der Waals surface area contributed by atoms with E-state index in [0.29, 0.717) is 24.6 Å². The number of halogens is 1. The standard InChI is InChI=1S/C14H15BrN2O2S/c1-10-4-5-12(11(15)9-10)19-7-2-3-13(18)17-14-16-6-8-20-14/h4-6,8-9H,2-3,7H2,1H3,(H,16,17,18). The first-order valence-electron chi connectivity index (χ1n) is 6.23. The van der Waals surface area contributed by atoms with Crippen molar-refractivity contribution >= 4 is 38.3 Å². The van der Waals surface area contributed by atoms with Crippen molar-refractivity contribution in [2.75, 3.05) is 11.9 Å². The lowest BCUT2D eigenvalue weighted by Crippen LogP contribution is -2.12. The monoisotopic (exact) mass is 354 g/mol. The number of benzene rings is 1. The van der Waals surface area contributed by atoms with Gasteiger partial charge in [0, 0.05) is 18.0 Å². The van der Waals surface area contributed by atoms with E-state index < -0.39 is 0 Å². The van der Waals surface area contributed by atoms with Crippen LogP contribution in [0.1, 0.15) is 18.4 Å². The molecule has 0 atom stereocenters. The molecule has 0 aliphatic rings. The molecule has 1 amide bonds. The summed E-state index contributed by atoms with van der Waals surface area (Å²) >= 11 is 4.87. The summed E-state index contributed by atoms with van der Waals surface area (Å²) in [5, 5.41) is 5.21. The second-order valence-electron chi connectivity index (χ2n) is 4.27. The lowest BCUT2D eigenvalue weighted by atomic mass is 10.2. The fourth-order valence-electron chi connectivity index (χ4n) is 1.60. The highest BCUT2D eigenvalue weighted by Crippen LogP contribution is 2.25. The zero-order chi connectivity index (χ0) is 14.4. The predicted molar refractivity (Wildman–Crippen MR) is 84.4 cm³/mol. The largest absolute Gasteiger partial charge is 0.492 e. The smallest absolute Gasteiger partial charge is 0.226 e. The summed E-state index contributed by atoms with van der Waals surface area (Å²) in [5.74, 6) is 0.766. The number of carbonyl (C=O) groups excluding carboxylic acids is 1. The van der Waals surface area contributed by atoms with Crippen molar-refractivity contribution in [1.82, 2.24) is 4.98 Å². The number of ether oxygens (including phenoxy) is 1. The van der Waals surface area contributed by atoms with Crippen molar-refractivity contribution < 1.29 is 9.53 Å². The second-order valence-corrected chi connectivity index (χ2v) is 6.02. The summed E-state index contributed by atoms with van der Waals surface area (Å²) < 4.78 is 6.57. The molecule has 0 bridgehead atoms. The van der Waals surface area contributed by atoms with Gasteiger partial charge in [-0.05, 0) is 47.0 Å². The Morgan fingerprint density at radius 3 is 3.05 bits per heavy atom. The summed E-state index contributed by atoms with van der Waals surface area (Å²) in [6, 6.07) is 5.93. The topological polar surface area (TPSA) is 51.2 Å². The number of aryl methyl sites for hydroxylation is 1. The minimum absolute atomic E-state index is 0.0356. The van der Waals surface area contributed by atoms with Gasteiger partial charge in [-0.25, -0.2) is 4.98 Å². The normalized spacial score (nSPS) is 10.3. The maximum atomic E-state index is 11.6. The van der Waals surface area contributed by atoms with E-state index in [-0.39, 0.29) is 5.91 Å². The van der Waals surface area contributed by atoms with Crippen molar-refractivity contribution in [3.63, 3.8) is 0 Å². The van der Waals surface area contributed by atoms with Crippen molar-refractivity contribution in [1.29, 1.82) is 0 Å². The average molecular weight is 355 g/mol. The Hall–Kier alpha value is -1.40. The van der Waals surface area contributed by atoms with Crippen LogP contribution in [0.5, 0.6) is 5.75 Å². The third kappa shape index (κ3) is 4.61. The molecule has 0 fully saturated rings. The van der Waals surface area contributed by atoms with Crippen LogP contribution in [-0.4, -0.2) is 17.5 Å². The van der Waals surface area contributed by atoms with E-state index in [1.807, 2.05) is 30.5 Å². The first-order valence-corrected chi connectivity index (χ1v) is 7.91. The van der Waals surface area contributed by atoms with Crippen LogP contribution in [0.3, 0.4) is 0 Å². The first kappa shape index (κ1) is 15.0. The Balaban J connectivity index is 1.69. The van der Waals surface area contributed by atoms with E-state index in [1.54, 1.807) is 6.20 Å². The fourth-order valence-corrected chi connectivity index (χ4v) is 2.76. The van der Waals surface area contributed by atoms with Crippen LogP contribution in [0.25, 0.3) is 0 Å². The number of aromatic nitrogens is 1. The van der Waals surface area contributed by atoms with Crippen LogP contribution >= 0.6 is 27.3 Å². The van der Waals surface area contributed by atoms with Gasteiger partial charge in [-0.2, -0.15) is 0 Å². The number of thiazole rings is 1. The number of amides is 1. The molecule has 0 saturated heterocycles. The van der Waals surface area contributed by atoms with E-state index in [2.05, 4.69) is 26.2 Å². The molecule has 1 aromatic heterocycles.